The van der Waals surface area contributed by atoms with Crippen LogP contribution in [0.5, 0.6) is 5.88 Å². The predicted octanol–water partition coefficient (Wildman–Crippen LogP) is 1.92. The van der Waals surface area contributed by atoms with Crippen molar-refractivity contribution in [3.05, 3.63) is 12.1 Å². The molecule has 2 rings (SSSR count). The van der Waals surface area contributed by atoms with Crippen LogP contribution in [0.4, 0.5) is 11.5 Å². The summed E-state index contributed by atoms with van der Waals surface area (Å²) in [5.41, 5.74) is 6.46. The summed E-state index contributed by atoms with van der Waals surface area (Å²) in [4.78, 5) is 4.40. The number of nitrogens with two attached hydrogens (primary N) is 1. The summed E-state index contributed by atoms with van der Waals surface area (Å²) in [6, 6.07) is 3.69. The van der Waals surface area contributed by atoms with Gasteiger partial charge in [-0.25, -0.2) is 0 Å². The minimum Gasteiger partial charge on any atom is -0.476 e. The lowest BCUT2D eigenvalue weighted by Crippen LogP contribution is -2.10. The van der Waals surface area contributed by atoms with Crippen LogP contribution in [0, 0.1) is 5.92 Å². The Morgan fingerprint density at radius 3 is 2.90 bits per heavy atom. The molecule has 0 spiro atoms. The Bertz CT molecular complexity index is 425. The topological polar surface area (TPSA) is 78.6 Å². The Hall–Kier alpha value is -1.53. The maximum atomic E-state index is 5.87. The Kier molecular flexibility index (Phi) is 6.56. The maximum absolute atomic E-state index is 5.87. The second kappa shape index (κ2) is 8.69. The fourth-order valence-electron chi connectivity index (χ4n) is 1.78. The number of methoxy groups -OCH3 is 1. The van der Waals surface area contributed by atoms with Gasteiger partial charge >= 0.3 is 0 Å². The van der Waals surface area contributed by atoms with Crippen LogP contribution in [0.25, 0.3) is 0 Å². The molecule has 0 atom stereocenters. The lowest BCUT2D eigenvalue weighted by Gasteiger charge is -2.10. The van der Waals surface area contributed by atoms with Gasteiger partial charge in [-0.1, -0.05) is 0 Å². The van der Waals surface area contributed by atoms with Gasteiger partial charge in [-0.2, -0.15) is 4.98 Å². The third-order valence-corrected chi connectivity index (χ3v) is 3.25. The standard InChI is InChI=1S/C15H25N3O3/c1-19-9-10-20-8-2-7-17-14-6-5-13(16)15(18-14)21-11-12-3-4-12/h5-6,12H,2-4,7-11,16H2,1H3,(H,17,18). The third-order valence-electron chi connectivity index (χ3n) is 3.25. The SMILES string of the molecule is COCCOCCCNc1ccc(N)c(OCC2CC2)n1. The molecular formula is C15H25N3O3. The van der Waals surface area contributed by atoms with Crippen LogP contribution < -0.4 is 15.8 Å². The first-order valence-corrected chi connectivity index (χ1v) is 7.49. The van der Waals surface area contributed by atoms with E-state index in [4.69, 9.17) is 19.9 Å². The zero-order valence-electron chi connectivity index (χ0n) is 12.6. The molecule has 0 aromatic carbocycles. The summed E-state index contributed by atoms with van der Waals surface area (Å²) in [6.45, 7) is 3.49. The molecule has 0 unspecified atom stereocenters. The van der Waals surface area contributed by atoms with E-state index in [0.29, 0.717) is 43.9 Å². The number of nitrogens with zero attached hydrogens (tertiary/aromatic N) is 1. The maximum Gasteiger partial charge on any atom is 0.239 e. The number of hydrogen-bond donors (Lipinski definition) is 2. The highest BCUT2D eigenvalue weighted by molar-refractivity contribution is 5.53. The first kappa shape index (κ1) is 15.9. The number of anilines is 2. The highest BCUT2D eigenvalue weighted by atomic mass is 16.5. The summed E-state index contributed by atoms with van der Waals surface area (Å²) < 4.78 is 16.0. The van der Waals surface area contributed by atoms with Crippen molar-refractivity contribution in [2.75, 3.05) is 51.1 Å². The van der Waals surface area contributed by atoms with Crippen molar-refractivity contribution in [2.24, 2.45) is 5.92 Å². The number of nitrogens with one attached hydrogen (secondary N) is 1. The fraction of sp³-hybridized carbons (Fsp3) is 0.667. The molecule has 0 amide bonds. The number of pyridine rings is 1. The van der Waals surface area contributed by atoms with Crippen LogP contribution in [0.1, 0.15) is 19.3 Å². The van der Waals surface area contributed by atoms with E-state index >= 15 is 0 Å². The van der Waals surface area contributed by atoms with Gasteiger partial charge < -0.3 is 25.3 Å². The number of nitrogen functional groups attached to an aromatic ring is 1. The van der Waals surface area contributed by atoms with Crippen molar-refractivity contribution < 1.29 is 14.2 Å². The number of aromatic nitrogens is 1. The second-order valence-corrected chi connectivity index (χ2v) is 5.23. The van der Waals surface area contributed by atoms with E-state index in [1.54, 1.807) is 7.11 Å². The first-order valence-electron chi connectivity index (χ1n) is 7.49. The second-order valence-electron chi connectivity index (χ2n) is 5.23. The quantitative estimate of drug-likeness (QED) is 0.607. The van der Waals surface area contributed by atoms with E-state index < -0.39 is 0 Å². The lowest BCUT2D eigenvalue weighted by atomic mass is 10.3. The average molecular weight is 295 g/mol. The van der Waals surface area contributed by atoms with Crippen LogP contribution in [-0.2, 0) is 9.47 Å². The molecule has 21 heavy (non-hydrogen) atoms. The highest BCUT2D eigenvalue weighted by Crippen LogP contribution is 2.30. The summed E-state index contributed by atoms with van der Waals surface area (Å²) in [7, 11) is 1.67. The molecule has 1 aromatic rings. The van der Waals surface area contributed by atoms with Gasteiger partial charge in [0.1, 0.15) is 5.82 Å². The smallest absolute Gasteiger partial charge is 0.239 e. The van der Waals surface area contributed by atoms with Gasteiger partial charge in [-0.3, -0.25) is 0 Å². The summed E-state index contributed by atoms with van der Waals surface area (Å²) >= 11 is 0. The van der Waals surface area contributed by atoms with Crippen LogP contribution in [0.3, 0.4) is 0 Å². The van der Waals surface area contributed by atoms with Crippen molar-refractivity contribution in [2.45, 2.75) is 19.3 Å². The molecule has 0 radical (unpaired) electrons. The molecule has 1 aliphatic carbocycles. The Morgan fingerprint density at radius 1 is 1.29 bits per heavy atom. The van der Waals surface area contributed by atoms with Gasteiger partial charge in [-0.05, 0) is 37.3 Å². The van der Waals surface area contributed by atoms with Gasteiger partial charge in [0.25, 0.3) is 0 Å². The lowest BCUT2D eigenvalue weighted by molar-refractivity contribution is 0.0705. The van der Waals surface area contributed by atoms with Crippen molar-refractivity contribution >= 4 is 11.5 Å². The molecule has 0 saturated heterocycles. The molecule has 3 N–H and O–H groups in total. The van der Waals surface area contributed by atoms with E-state index in [-0.39, 0.29) is 0 Å². The number of hydrogen-bond acceptors (Lipinski definition) is 6. The predicted molar refractivity (Wildman–Crippen MR) is 82.7 cm³/mol. The molecule has 118 valence electrons. The Morgan fingerprint density at radius 2 is 2.14 bits per heavy atom. The van der Waals surface area contributed by atoms with Crippen molar-refractivity contribution in [3.63, 3.8) is 0 Å². The molecule has 0 bridgehead atoms. The van der Waals surface area contributed by atoms with Gasteiger partial charge in [0.05, 0.1) is 25.5 Å². The molecule has 1 aliphatic rings. The number of rotatable bonds is 11. The number of ether oxygens (including phenoxy) is 3. The van der Waals surface area contributed by atoms with Crippen molar-refractivity contribution in [1.82, 2.24) is 4.98 Å². The minimum atomic E-state index is 0.531. The normalized spacial score (nSPS) is 14.1. The zero-order valence-corrected chi connectivity index (χ0v) is 12.6. The van der Waals surface area contributed by atoms with E-state index in [0.717, 1.165) is 18.8 Å². The van der Waals surface area contributed by atoms with E-state index in [1.807, 2.05) is 12.1 Å². The first-order chi connectivity index (χ1) is 10.3. The van der Waals surface area contributed by atoms with Crippen LogP contribution in [-0.4, -0.2) is 45.1 Å². The molecular weight excluding hydrogens is 270 g/mol. The summed E-state index contributed by atoms with van der Waals surface area (Å²) in [5.74, 6) is 2.00. The molecule has 1 saturated carbocycles. The Balaban J connectivity index is 1.66. The Labute approximate surface area is 126 Å². The van der Waals surface area contributed by atoms with Crippen molar-refractivity contribution in [1.29, 1.82) is 0 Å². The fourth-order valence-corrected chi connectivity index (χ4v) is 1.78. The van der Waals surface area contributed by atoms with Crippen LogP contribution in [0.2, 0.25) is 0 Å². The van der Waals surface area contributed by atoms with Gasteiger partial charge in [0.15, 0.2) is 0 Å². The molecule has 1 heterocycles. The average Bonchev–Trinajstić information content (AvgIpc) is 3.31. The van der Waals surface area contributed by atoms with Gasteiger partial charge in [0.2, 0.25) is 5.88 Å². The van der Waals surface area contributed by atoms with E-state index in [1.165, 1.54) is 12.8 Å². The zero-order chi connectivity index (χ0) is 14.9. The molecule has 6 nitrogen and oxygen atoms in total. The highest BCUT2D eigenvalue weighted by Gasteiger charge is 2.22. The van der Waals surface area contributed by atoms with Gasteiger partial charge in [-0.15, -0.1) is 0 Å². The third kappa shape index (κ3) is 6.18. The minimum absolute atomic E-state index is 0.531. The monoisotopic (exact) mass is 295 g/mol. The van der Waals surface area contributed by atoms with Crippen LogP contribution in [0.15, 0.2) is 12.1 Å². The molecule has 1 fully saturated rings. The summed E-state index contributed by atoms with van der Waals surface area (Å²) in [6.07, 6.45) is 3.41. The largest absolute Gasteiger partial charge is 0.476 e. The molecule has 0 aliphatic heterocycles. The van der Waals surface area contributed by atoms with E-state index in [2.05, 4.69) is 10.3 Å². The van der Waals surface area contributed by atoms with Crippen LogP contribution >= 0.6 is 0 Å². The molecule has 6 heteroatoms. The van der Waals surface area contributed by atoms with E-state index in [9.17, 15) is 0 Å². The van der Waals surface area contributed by atoms with Crippen molar-refractivity contribution in [3.8, 4) is 5.88 Å². The van der Waals surface area contributed by atoms with Gasteiger partial charge in [0, 0.05) is 20.3 Å². The molecule has 1 aromatic heterocycles. The summed E-state index contributed by atoms with van der Waals surface area (Å²) in [5, 5.41) is 3.25.